The molecule has 6 nitrogen and oxygen atoms in total. The first kappa shape index (κ1) is 19.3. The molecule has 6 heteroatoms. The number of aryl methyl sites for hydroxylation is 1. The Labute approximate surface area is 170 Å². The zero-order valence-corrected chi connectivity index (χ0v) is 16.6. The number of amides is 2. The van der Waals surface area contributed by atoms with E-state index in [4.69, 9.17) is 9.47 Å². The summed E-state index contributed by atoms with van der Waals surface area (Å²) in [6.07, 6.45) is 2.91. The first-order valence-corrected chi connectivity index (χ1v) is 10.1. The fourth-order valence-corrected chi connectivity index (χ4v) is 3.99. The lowest BCUT2D eigenvalue weighted by Gasteiger charge is -2.27. The molecule has 2 aliphatic rings. The highest BCUT2D eigenvalue weighted by atomic mass is 16.7. The van der Waals surface area contributed by atoms with Crippen molar-refractivity contribution >= 4 is 17.5 Å². The van der Waals surface area contributed by atoms with Crippen molar-refractivity contribution < 1.29 is 19.1 Å². The van der Waals surface area contributed by atoms with Crippen LogP contribution in [0.4, 0.5) is 5.69 Å². The van der Waals surface area contributed by atoms with Crippen molar-refractivity contribution in [1.82, 2.24) is 5.32 Å². The zero-order chi connectivity index (χ0) is 20.2. The average molecular weight is 394 g/mol. The third kappa shape index (κ3) is 4.70. The molecule has 0 aromatic heterocycles. The number of ether oxygens (including phenoxy) is 2. The average Bonchev–Trinajstić information content (AvgIpc) is 3.20. The molecule has 2 aromatic carbocycles. The highest BCUT2D eigenvalue weighted by molar-refractivity contribution is 5.93. The molecule has 0 spiro atoms. The van der Waals surface area contributed by atoms with Crippen LogP contribution in [-0.4, -0.2) is 18.6 Å². The molecular weight excluding hydrogens is 368 g/mol. The number of fused-ring (bicyclic) bond motifs is 1. The Morgan fingerprint density at radius 2 is 1.66 bits per heavy atom. The summed E-state index contributed by atoms with van der Waals surface area (Å²) in [5, 5.41) is 6.00. The van der Waals surface area contributed by atoms with E-state index in [1.165, 1.54) is 5.56 Å². The van der Waals surface area contributed by atoms with E-state index in [0.717, 1.165) is 31.2 Å². The Hall–Kier alpha value is -3.02. The van der Waals surface area contributed by atoms with Crippen molar-refractivity contribution in [2.24, 2.45) is 11.8 Å². The van der Waals surface area contributed by atoms with Crippen LogP contribution in [0.2, 0.25) is 0 Å². The Bertz CT molecular complexity index is 904. The molecule has 0 radical (unpaired) electrons. The number of hydrogen-bond donors (Lipinski definition) is 2. The van der Waals surface area contributed by atoms with Crippen LogP contribution < -0.4 is 20.1 Å². The van der Waals surface area contributed by atoms with Crippen LogP contribution in [0.25, 0.3) is 0 Å². The molecule has 0 atom stereocenters. The molecule has 2 amide bonds. The van der Waals surface area contributed by atoms with Crippen molar-refractivity contribution in [1.29, 1.82) is 0 Å². The van der Waals surface area contributed by atoms with Crippen molar-refractivity contribution in [2.75, 3.05) is 12.1 Å². The van der Waals surface area contributed by atoms with Gasteiger partial charge in [-0.25, -0.2) is 0 Å². The lowest BCUT2D eigenvalue weighted by atomic mass is 9.81. The van der Waals surface area contributed by atoms with Crippen LogP contribution >= 0.6 is 0 Å². The molecule has 1 aliphatic carbocycles. The van der Waals surface area contributed by atoms with E-state index in [1.54, 1.807) is 12.1 Å². The van der Waals surface area contributed by atoms with Gasteiger partial charge in [0, 0.05) is 30.1 Å². The van der Waals surface area contributed by atoms with Crippen LogP contribution in [0.3, 0.4) is 0 Å². The highest BCUT2D eigenvalue weighted by Gasteiger charge is 2.30. The molecule has 29 heavy (non-hydrogen) atoms. The summed E-state index contributed by atoms with van der Waals surface area (Å²) in [6.45, 7) is 2.80. The zero-order valence-electron chi connectivity index (χ0n) is 16.6. The van der Waals surface area contributed by atoms with Gasteiger partial charge >= 0.3 is 0 Å². The van der Waals surface area contributed by atoms with Gasteiger partial charge in [0.1, 0.15) is 0 Å². The normalized spacial score (nSPS) is 20.2. The van der Waals surface area contributed by atoms with Crippen LogP contribution in [0, 0.1) is 18.8 Å². The number of nitrogens with one attached hydrogen (secondary N) is 2. The van der Waals surface area contributed by atoms with Crippen LogP contribution in [0.5, 0.6) is 11.5 Å². The second kappa shape index (κ2) is 8.55. The van der Waals surface area contributed by atoms with Gasteiger partial charge in [-0.3, -0.25) is 9.59 Å². The summed E-state index contributed by atoms with van der Waals surface area (Å²) in [4.78, 5) is 25.1. The first-order chi connectivity index (χ1) is 14.1. The van der Waals surface area contributed by atoms with E-state index < -0.39 is 0 Å². The molecule has 1 heterocycles. The monoisotopic (exact) mass is 394 g/mol. The Morgan fingerprint density at radius 3 is 2.41 bits per heavy atom. The minimum Gasteiger partial charge on any atom is -0.454 e. The van der Waals surface area contributed by atoms with Gasteiger partial charge in [0.15, 0.2) is 11.5 Å². The minimum absolute atomic E-state index is 0.00230. The maximum absolute atomic E-state index is 12.6. The molecular formula is C23H26N2O4. The predicted octanol–water partition coefficient (Wildman–Crippen LogP) is 3.79. The van der Waals surface area contributed by atoms with Gasteiger partial charge in [-0.2, -0.15) is 0 Å². The van der Waals surface area contributed by atoms with E-state index >= 15 is 0 Å². The third-order valence-electron chi connectivity index (χ3n) is 5.66. The molecule has 2 N–H and O–H groups in total. The molecule has 152 valence electrons. The summed E-state index contributed by atoms with van der Waals surface area (Å²) >= 11 is 0. The van der Waals surface area contributed by atoms with E-state index in [-0.39, 0.29) is 30.4 Å². The number of rotatable bonds is 5. The summed E-state index contributed by atoms with van der Waals surface area (Å²) in [5.41, 5.74) is 3.00. The molecule has 0 bridgehead atoms. The fourth-order valence-electron chi connectivity index (χ4n) is 3.99. The fraction of sp³-hybridized carbons (Fsp3) is 0.391. The number of anilines is 1. The standard InChI is InChI=1S/C23H26N2O4/c1-15-3-2-4-16(11-15)13-24-22(26)17-5-7-18(8-6-17)23(27)25-19-9-10-20-21(12-19)29-14-28-20/h2-4,9-12,17-18H,5-8,13-14H2,1H3,(H,24,26)(H,25,27). The SMILES string of the molecule is Cc1cccc(CNC(=O)C2CCC(C(=O)Nc3ccc4c(c3)OCO4)CC2)c1. The Morgan fingerprint density at radius 1 is 0.931 bits per heavy atom. The molecule has 0 unspecified atom stereocenters. The second-order valence-electron chi connectivity index (χ2n) is 7.81. The Kier molecular flexibility index (Phi) is 5.69. The van der Waals surface area contributed by atoms with E-state index in [9.17, 15) is 9.59 Å². The van der Waals surface area contributed by atoms with Gasteiger partial charge < -0.3 is 20.1 Å². The van der Waals surface area contributed by atoms with Gasteiger partial charge in [0.2, 0.25) is 18.6 Å². The summed E-state index contributed by atoms with van der Waals surface area (Å²) in [6, 6.07) is 13.5. The van der Waals surface area contributed by atoms with Crippen LogP contribution in [-0.2, 0) is 16.1 Å². The van der Waals surface area contributed by atoms with Crippen LogP contribution in [0.1, 0.15) is 36.8 Å². The lowest BCUT2D eigenvalue weighted by Crippen LogP contribution is -2.35. The number of carbonyl (C=O) groups is 2. The van der Waals surface area contributed by atoms with Gasteiger partial charge in [-0.05, 0) is 50.3 Å². The Balaban J connectivity index is 1.24. The molecule has 0 saturated heterocycles. The molecule has 1 saturated carbocycles. The van der Waals surface area contributed by atoms with Crippen molar-refractivity contribution in [3.05, 3.63) is 53.6 Å². The second-order valence-corrected chi connectivity index (χ2v) is 7.81. The first-order valence-electron chi connectivity index (χ1n) is 10.1. The van der Waals surface area contributed by atoms with E-state index in [0.29, 0.717) is 23.7 Å². The smallest absolute Gasteiger partial charge is 0.231 e. The quantitative estimate of drug-likeness (QED) is 0.809. The van der Waals surface area contributed by atoms with Gasteiger partial charge in [-0.1, -0.05) is 29.8 Å². The molecule has 1 aliphatic heterocycles. The largest absolute Gasteiger partial charge is 0.454 e. The topological polar surface area (TPSA) is 76.7 Å². The van der Waals surface area contributed by atoms with Gasteiger partial charge in [-0.15, -0.1) is 0 Å². The molecule has 1 fully saturated rings. The van der Waals surface area contributed by atoms with Crippen molar-refractivity contribution in [3.63, 3.8) is 0 Å². The molecule has 4 rings (SSSR count). The van der Waals surface area contributed by atoms with E-state index in [2.05, 4.69) is 16.7 Å². The predicted molar refractivity (Wildman–Crippen MR) is 110 cm³/mol. The number of carbonyl (C=O) groups excluding carboxylic acids is 2. The lowest BCUT2D eigenvalue weighted by molar-refractivity contribution is -0.128. The van der Waals surface area contributed by atoms with Crippen molar-refractivity contribution in [2.45, 2.75) is 39.2 Å². The number of benzene rings is 2. The highest BCUT2D eigenvalue weighted by Crippen LogP contribution is 2.35. The third-order valence-corrected chi connectivity index (χ3v) is 5.66. The molecule has 2 aromatic rings. The number of hydrogen-bond acceptors (Lipinski definition) is 4. The minimum atomic E-state index is -0.0683. The van der Waals surface area contributed by atoms with Gasteiger partial charge in [0.05, 0.1) is 0 Å². The maximum atomic E-state index is 12.6. The summed E-state index contributed by atoms with van der Waals surface area (Å²) < 4.78 is 10.6. The maximum Gasteiger partial charge on any atom is 0.231 e. The van der Waals surface area contributed by atoms with E-state index in [1.807, 2.05) is 31.2 Å². The summed E-state index contributed by atoms with van der Waals surface area (Å²) in [7, 11) is 0. The van der Waals surface area contributed by atoms with Crippen LogP contribution in [0.15, 0.2) is 42.5 Å². The van der Waals surface area contributed by atoms with Gasteiger partial charge in [0.25, 0.3) is 0 Å². The van der Waals surface area contributed by atoms with Crippen molar-refractivity contribution in [3.8, 4) is 11.5 Å². The summed E-state index contributed by atoms with van der Waals surface area (Å²) in [5.74, 6) is 1.34.